The van der Waals surface area contributed by atoms with Gasteiger partial charge in [-0.2, -0.15) is 0 Å². The Morgan fingerprint density at radius 2 is 2.00 bits per heavy atom. The minimum atomic E-state index is -0.141. The molecular formula is C21H31N3O3. The number of carbonyl (C=O) groups is 2. The van der Waals surface area contributed by atoms with Crippen molar-refractivity contribution >= 4 is 17.5 Å². The molecule has 1 unspecified atom stereocenters. The number of hydrogen-bond acceptors (Lipinski definition) is 4. The second-order valence-electron chi connectivity index (χ2n) is 7.96. The second kappa shape index (κ2) is 9.33. The fourth-order valence-electron chi connectivity index (χ4n) is 3.76. The second-order valence-corrected chi connectivity index (χ2v) is 7.96. The van der Waals surface area contributed by atoms with E-state index in [-0.39, 0.29) is 17.7 Å². The molecule has 1 atom stereocenters. The Labute approximate surface area is 161 Å². The molecule has 0 bridgehead atoms. The van der Waals surface area contributed by atoms with Gasteiger partial charge in [-0.1, -0.05) is 32.0 Å². The summed E-state index contributed by atoms with van der Waals surface area (Å²) in [7, 11) is 0. The highest BCUT2D eigenvalue weighted by molar-refractivity contribution is 5.94. The van der Waals surface area contributed by atoms with Crippen molar-refractivity contribution in [1.29, 1.82) is 0 Å². The fourth-order valence-corrected chi connectivity index (χ4v) is 3.76. The molecule has 3 rings (SSSR count). The lowest BCUT2D eigenvalue weighted by Crippen LogP contribution is -2.45. The Morgan fingerprint density at radius 1 is 1.26 bits per heavy atom. The number of rotatable bonds is 6. The molecule has 27 heavy (non-hydrogen) atoms. The number of anilines is 1. The Morgan fingerprint density at radius 3 is 2.74 bits per heavy atom. The summed E-state index contributed by atoms with van der Waals surface area (Å²) >= 11 is 0. The predicted molar refractivity (Wildman–Crippen MR) is 105 cm³/mol. The van der Waals surface area contributed by atoms with E-state index < -0.39 is 0 Å². The zero-order valence-electron chi connectivity index (χ0n) is 16.4. The molecule has 2 aliphatic rings. The third-order valence-electron chi connectivity index (χ3n) is 5.23. The zero-order valence-corrected chi connectivity index (χ0v) is 16.4. The molecule has 6 nitrogen and oxygen atoms in total. The van der Waals surface area contributed by atoms with Gasteiger partial charge in [0.15, 0.2) is 0 Å². The summed E-state index contributed by atoms with van der Waals surface area (Å²) in [4.78, 5) is 29.2. The van der Waals surface area contributed by atoms with Crippen molar-refractivity contribution in [2.45, 2.75) is 33.2 Å². The number of para-hydroxylation sites is 1. The van der Waals surface area contributed by atoms with Crippen molar-refractivity contribution in [2.24, 2.45) is 11.8 Å². The van der Waals surface area contributed by atoms with Gasteiger partial charge < -0.3 is 15.0 Å². The van der Waals surface area contributed by atoms with Crippen LogP contribution in [-0.4, -0.2) is 61.0 Å². The van der Waals surface area contributed by atoms with Crippen LogP contribution in [0.1, 0.15) is 32.3 Å². The number of amides is 2. The molecule has 1 N–H and O–H groups in total. The number of piperidine rings is 1. The summed E-state index contributed by atoms with van der Waals surface area (Å²) in [5.41, 5.74) is 2.00. The third-order valence-corrected chi connectivity index (χ3v) is 5.23. The summed E-state index contributed by atoms with van der Waals surface area (Å²) in [6.45, 7) is 9.59. The number of carbonyl (C=O) groups excluding carboxylic acids is 2. The van der Waals surface area contributed by atoms with E-state index in [4.69, 9.17) is 4.74 Å². The predicted octanol–water partition coefficient (Wildman–Crippen LogP) is 2.35. The molecule has 2 aliphatic heterocycles. The number of morpholine rings is 1. The maximum Gasteiger partial charge on any atom is 0.229 e. The van der Waals surface area contributed by atoms with Gasteiger partial charge in [-0.15, -0.1) is 0 Å². The standard InChI is InChI=1S/C21H31N3O3/c1-16(2)13-24-15-18(7-8-20(24)25)21(26)22-19-6-4-3-5-17(19)14-23-9-11-27-12-10-23/h3-6,16,18H,7-15H2,1-2H3,(H,22,26). The van der Waals surface area contributed by atoms with Gasteiger partial charge in [-0.25, -0.2) is 0 Å². The topological polar surface area (TPSA) is 61.9 Å². The van der Waals surface area contributed by atoms with Crippen LogP contribution < -0.4 is 5.32 Å². The maximum atomic E-state index is 12.9. The monoisotopic (exact) mass is 373 g/mol. The minimum absolute atomic E-state index is 0.0192. The van der Waals surface area contributed by atoms with Gasteiger partial charge >= 0.3 is 0 Å². The van der Waals surface area contributed by atoms with E-state index in [1.54, 1.807) is 0 Å². The van der Waals surface area contributed by atoms with Crippen LogP contribution in [-0.2, 0) is 20.9 Å². The number of likely N-dealkylation sites (tertiary alicyclic amines) is 1. The number of ether oxygens (including phenoxy) is 1. The van der Waals surface area contributed by atoms with Crippen LogP contribution in [0.4, 0.5) is 5.69 Å². The van der Waals surface area contributed by atoms with Crippen LogP contribution in [0.15, 0.2) is 24.3 Å². The molecule has 148 valence electrons. The molecule has 2 amide bonds. The summed E-state index contributed by atoms with van der Waals surface area (Å²) in [5, 5.41) is 3.12. The molecule has 2 heterocycles. The minimum Gasteiger partial charge on any atom is -0.379 e. The first-order chi connectivity index (χ1) is 13.0. The van der Waals surface area contributed by atoms with E-state index in [1.807, 2.05) is 23.1 Å². The molecule has 1 aromatic rings. The van der Waals surface area contributed by atoms with Crippen LogP contribution in [0.3, 0.4) is 0 Å². The zero-order chi connectivity index (χ0) is 19.2. The van der Waals surface area contributed by atoms with Crippen LogP contribution in [0.2, 0.25) is 0 Å². The SMILES string of the molecule is CC(C)CN1CC(C(=O)Nc2ccccc2CN2CCOCC2)CCC1=O. The van der Waals surface area contributed by atoms with Gasteiger partial charge in [0, 0.05) is 44.8 Å². The fraction of sp³-hybridized carbons (Fsp3) is 0.619. The van der Waals surface area contributed by atoms with Crippen molar-refractivity contribution in [2.75, 3.05) is 44.7 Å². The molecule has 6 heteroatoms. The van der Waals surface area contributed by atoms with Crippen LogP contribution in [0.5, 0.6) is 0 Å². The average molecular weight is 373 g/mol. The number of nitrogens with one attached hydrogen (secondary N) is 1. The lowest BCUT2D eigenvalue weighted by atomic mass is 9.95. The summed E-state index contributed by atoms with van der Waals surface area (Å²) in [5.74, 6) is 0.453. The van der Waals surface area contributed by atoms with E-state index in [2.05, 4.69) is 30.1 Å². The molecule has 0 aliphatic carbocycles. The van der Waals surface area contributed by atoms with Crippen molar-refractivity contribution in [3.05, 3.63) is 29.8 Å². The highest BCUT2D eigenvalue weighted by atomic mass is 16.5. The average Bonchev–Trinajstić information content (AvgIpc) is 2.65. The smallest absolute Gasteiger partial charge is 0.229 e. The molecule has 0 spiro atoms. The number of benzene rings is 1. The first-order valence-electron chi connectivity index (χ1n) is 9.99. The molecule has 0 saturated carbocycles. The van der Waals surface area contributed by atoms with Gasteiger partial charge in [-0.3, -0.25) is 14.5 Å². The van der Waals surface area contributed by atoms with E-state index in [9.17, 15) is 9.59 Å². The lowest BCUT2D eigenvalue weighted by molar-refractivity contribution is -0.137. The highest BCUT2D eigenvalue weighted by Crippen LogP contribution is 2.23. The summed E-state index contributed by atoms with van der Waals surface area (Å²) in [6, 6.07) is 8.00. The molecule has 0 radical (unpaired) electrons. The number of hydrogen-bond donors (Lipinski definition) is 1. The van der Waals surface area contributed by atoms with Gasteiger partial charge in [0.2, 0.25) is 11.8 Å². The molecule has 1 aromatic carbocycles. The van der Waals surface area contributed by atoms with Crippen LogP contribution in [0.25, 0.3) is 0 Å². The molecule has 2 fully saturated rings. The van der Waals surface area contributed by atoms with Crippen molar-refractivity contribution in [1.82, 2.24) is 9.80 Å². The molecular weight excluding hydrogens is 342 g/mol. The Balaban J connectivity index is 1.62. The van der Waals surface area contributed by atoms with Crippen molar-refractivity contribution in [3.63, 3.8) is 0 Å². The van der Waals surface area contributed by atoms with E-state index in [1.165, 1.54) is 0 Å². The molecule has 2 saturated heterocycles. The van der Waals surface area contributed by atoms with Gasteiger partial charge in [0.05, 0.1) is 19.1 Å². The summed E-state index contributed by atoms with van der Waals surface area (Å²) in [6.07, 6.45) is 1.09. The largest absolute Gasteiger partial charge is 0.379 e. The van der Waals surface area contributed by atoms with Crippen molar-refractivity contribution in [3.8, 4) is 0 Å². The first-order valence-corrected chi connectivity index (χ1v) is 9.99. The van der Waals surface area contributed by atoms with Crippen LogP contribution in [0, 0.1) is 11.8 Å². The lowest BCUT2D eigenvalue weighted by Gasteiger charge is -2.33. The van der Waals surface area contributed by atoms with Crippen molar-refractivity contribution < 1.29 is 14.3 Å². The normalized spacial score (nSPS) is 21.5. The van der Waals surface area contributed by atoms with Crippen LogP contribution >= 0.6 is 0 Å². The maximum absolute atomic E-state index is 12.9. The quantitative estimate of drug-likeness (QED) is 0.832. The highest BCUT2D eigenvalue weighted by Gasteiger charge is 2.30. The number of nitrogens with zero attached hydrogens (tertiary/aromatic N) is 2. The van der Waals surface area contributed by atoms with E-state index >= 15 is 0 Å². The van der Waals surface area contributed by atoms with Gasteiger partial charge in [0.25, 0.3) is 0 Å². The Bertz CT molecular complexity index is 656. The Hall–Kier alpha value is -1.92. The first kappa shape index (κ1) is 19.8. The van der Waals surface area contributed by atoms with Gasteiger partial charge in [-0.05, 0) is 24.0 Å². The Kier molecular flexibility index (Phi) is 6.85. The third kappa shape index (κ3) is 5.53. The molecule has 0 aromatic heterocycles. The van der Waals surface area contributed by atoms with Gasteiger partial charge in [0.1, 0.15) is 0 Å². The summed E-state index contributed by atoms with van der Waals surface area (Å²) < 4.78 is 5.41. The van der Waals surface area contributed by atoms with E-state index in [0.717, 1.165) is 50.6 Å². The van der Waals surface area contributed by atoms with E-state index in [0.29, 0.717) is 25.3 Å².